The van der Waals surface area contributed by atoms with Crippen LogP contribution in [0.5, 0.6) is 0 Å². The molecule has 1 aromatic rings. The Labute approximate surface area is 127 Å². The van der Waals surface area contributed by atoms with E-state index in [-0.39, 0.29) is 5.91 Å². The van der Waals surface area contributed by atoms with Crippen LogP contribution in [0.15, 0.2) is 24.3 Å². The molecule has 0 aromatic heterocycles. The number of para-hydroxylation sites is 1. The van der Waals surface area contributed by atoms with Gasteiger partial charge in [-0.1, -0.05) is 24.6 Å². The largest absolute Gasteiger partial charge is 0.325 e. The molecule has 4 heteroatoms. The summed E-state index contributed by atoms with van der Waals surface area (Å²) in [5.41, 5.74) is 2.00. The van der Waals surface area contributed by atoms with Gasteiger partial charge in [0.2, 0.25) is 5.91 Å². The molecule has 1 aliphatic rings. The minimum Gasteiger partial charge on any atom is -0.325 e. The number of amides is 1. The van der Waals surface area contributed by atoms with Crippen molar-refractivity contribution in [3.63, 3.8) is 0 Å². The van der Waals surface area contributed by atoms with Gasteiger partial charge in [0.25, 0.3) is 0 Å². The Morgan fingerprint density at radius 1 is 1.38 bits per heavy atom. The van der Waals surface area contributed by atoms with Crippen molar-refractivity contribution in [3.8, 4) is 0 Å². The van der Waals surface area contributed by atoms with Gasteiger partial charge in [-0.15, -0.1) is 0 Å². The fraction of sp³-hybridized carbons (Fsp3) is 0.588. The molecule has 116 valence electrons. The second-order valence-electron chi connectivity index (χ2n) is 6.04. The lowest BCUT2D eigenvalue weighted by Gasteiger charge is -2.25. The van der Waals surface area contributed by atoms with Gasteiger partial charge in [0.1, 0.15) is 0 Å². The van der Waals surface area contributed by atoms with Gasteiger partial charge in [-0.05, 0) is 58.0 Å². The molecule has 0 bridgehead atoms. The van der Waals surface area contributed by atoms with Gasteiger partial charge in [0, 0.05) is 11.7 Å². The Morgan fingerprint density at radius 2 is 2.19 bits per heavy atom. The number of anilines is 1. The number of hydrogen-bond donors (Lipinski definition) is 2. The highest BCUT2D eigenvalue weighted by atomic mass is 16.2. The first-order valence-electron chi connectivity index (χ1n) is 7.92. The third kappa shape index (κ3) is 5.48. The topological polar surface area (TPSA) is 44.4 Å². The van der Waals surface area contributed by atoms with Crippen molar-refractivity contribution in [2.24, 2.45) is 0 Å². The minimum absolute atomic E-state index is 0.0587. The van der Waals surface area contributed by atoms with Crippen LogP contribution in [0.4, 0.5) is 5.69 Å². The molecule has 21 heavy (non-hydrogen) atoms. The van der Waals surface area contributed by atoms with E-state index in [0.717, 1.165) is 30.8 Å². The Hall–Kier alpha value is -1.39. The number of aryl methyl sites for hydroxylation is 1. The molecule has 0 saturated carbocycles. The van der Waals surface area contributed by atoms with Crippen LogP contribution >= 0.6 is 0 Å². The zero-order valence-electron chi connectivity index (χ0n) is 13.2. The van der Waals surface area contributed by atoms with E-state index >= 15 is 0 Å². The second-order valence-corrected chi connectivity index (χ2v) is 6.04. The molecule has 4 nitrogen and oxygen atoms in total. The Kier molecular flexibility index (Phi) is 6.21. The van der Waals surface area contributed by atoms with Crippen LogP contribution < -0.4 is 10.6 Å². The average molecular weight is 289 g/mol. The molecule has 0 radical (unpaired) electrons. The zero-order chi connectivity index (χ0) is 15.1. The van der Waals surface area contributed by atoms with Gasteiger partial charge in [-0.25, -0.2) is 0 Å². The van der Waals surface area contributed by atoms with Gasteiger partial charge in [-0.2, -0.15) is 0 Å². The number of likely N-dealkylation sites (N-methyl/N-ethyl adjacent to an activating group) is 1. The first kappa shape index (κ1) is 16.0. The first-order chi connectivity index (χ1) is 10.1. The van der Waals surface area contributed by atoms with E-state index in [4.69, 9.17) is 0 Å². The fourth-order valence-electron chi connectivity index (χ4n) is 2.77. The highest BCUT2D eigenvalue weighted by molar-refractivity contribution is 5.92. The summed E-state index contributed by atoms with van der Waals surface area (Å²) in [5.74, 6) is 0.0587. The number of carbonyl (C=O) groups excluding carboxylic acids is 1. The van der Waals surface area contributed by atoms with Crippen molar-refractivity contribution >= 4 is 11.6 Å². The maximum Gasteiger partial charge on any atom is 0.238 e. The zero-order valence-corrected chi connectivity index (χ0v) is 13.2. The monoisotopic (exact) mass is 289 g/mol. The molecule has 1 saturated heterocycles. The molecule has 2 rings (SSSR count). The molecular formula is C17H27N3O. The normalized spacial score (nSPS) is 18.7. The second kappa shape index (κ2) is 8.15. The summed E-state index contributed by atoms with van der Waals surface area (Å²) in [6.07, 6.45) is 5.01. The summed E-state index contributed by atoms with van der Waals surface area (Å²) < 4.78 is 0. The van der Waals surface area contributed by atoms with E-state index in [1.165, 1.54) is 19.3 Å². The lowest BCUT2D eigenvalue weighted by Crippen LogP contribution is -2.38. The van der Waals surface area contributed by atoms with Crippen LogP contribution in [0.1, 0.15) is 31.2 Å². The van der Waals surface area contributed by atoms with Crippen molar-refractivity contribution in [2.45, 2.75) is 38.6 Å². The molecule has 0 spiro atoms. The summed E-state index contributed by atoms with van der Waals surface area (Å²) in [6.45, 7) is 4.55. The predicted octanol–water partition coefficient (Wildman–Crippen LogP) is 2.40. The molecule has 2 N–H and O–H groups in total. The number of carbonyl (C=O) groups is 1. The van der Waals surface area contributed by atoms with Crippen molar-refractivity contribution in [1.29, 1.82) is 0 Å². The van der Waals surface area contributed by atoms with E-state index in [9.17, 15) is 4.79 Å². The quantitative estimate of drug-likeness (QED) is 0.845. The van der Waals surface area contributed by atoms with E-state index < -0.39 is 0 Å². The molecule has 1 fully saturated rings. The lowest BCUT2D eigenvalue weighted by atomic mass is 10.0. The number of hydrogen-bond acceptors (Lipinski definition) is 3. The Morgan fingerprint density at radius 3 is 2.90 bits per heavy atom. The van der Waals surface area contributed by atoms with Gasteiger partial charge in [0.15, 0.2) is 0 Å². The van der Waals surface area contributed by atoms with Gasteiger partial charge in [-0.3, -0.25) is 9.69 Å². The summed E-state index contributed by atoms with van der Waals surface area (Å²) in [7, 11) is 2.01. The maximum absolute atomic E-state index is 12.1. The minimum atomic E-state index is 0.0587. The number of piperidine rings is 1. The van der Waals surface area contributed by atoms with E-state index in [2.05, 4.69) is 15.5 Å². The molecule has 1 aromatic carbocycles. The third-order valence-electron chi connectivity index (χ3n) is 4.10. The number of rotatable bonds is 6. The van der Waals surface area contributed by atoms with Crippen LogP contribution in [-0.2, 0) is 4.79 Å². The number of nitrogens with zero attached hydrogens (tertiary/aromatic N) is 1. The van der Waals surface area contributed by atoms with E-state index in [1.807, 2.05) is 38.2 Å². The summed E-state index contributed by atoms with van der Waals surface area (Å²) in [5, 5.41) is 6.53. The van der Waals surface area contributed by atoms with Gasteiger partial charge < -0.3 is 10.6 Å². The van der Waals surface area contributed by atoms with E-state index in [0.29, 0.717) is 12.6 Å². The summed E-state index contributed by atoms with van der Waals surface area (Å²) >= 11 is 0. The Balaban J connectivity index is 1.70. The molecular weight excluding hydrogens is 262 g/mol. The number of nitrogens with one attached hydrogen (secondary N) is 2. The lowest BCUT2D eigenvalue weighted by molar-refractivity contribution is -0.117. The van der Waals surface area contributed by atoms with Crippen molar-refractivity contribution in [2.75, 3.05) is 32.0 Å². The van der Waals surface area contributed by atoms with Crippen LogP contribution in [0.25, 0.3) is 0 Å². The van der Waals surface area contributed by atoms with E-state index in [1.54, 1.807) is 0 Å². The maximum atomic E-state index is 12.1. The molecule has 1 unspecified atom stereocenters. The van der Waals surface area contributed by atoms with Crippen molar-refractivity contribution in [3.05, 3.63) is 29.8 Å². The van der Waals surface area contributed by atoms with Crippen molar-refractivity contribution in [1.82, 2.24) is 10.2 Å². The average Bonchev–Trinajstić information content (AvgIpc) is 2.48. The molecule has 1 amide bonds. The smallest absolute Gasteiger partial charge is 0.238 e. The standard InChI is InChI=1S/C17H27N3O/c1-14-7-3-4-9-16(14)19-17(21)13-20(2)12-10-15-8-5-6-11-18-15/h3-4,7,9,15,18H,5-6,8,10-13H2,1-2H3,(H,19,21). The highest BCUT2D eigenvalue weighted by Gasteiger charge is 2.14. The third-order valence-corrected chi connectivity index (χ3v) is 4.10. The first-order valence-corrected chi connectivity index (χ1v) is 7.92. The Bertz CT molecular complexity index is 455. The van der Waals surface area contributed by atoms with Gasteiger partial charge >= 0.3 is 0 Å². The van der Waals surface area contributed by atoms with Gasteiger partial charge in [0.05, 0.1) is 6.54 Å². The van der Waals surface area contributed by atoms with Crippen molar-refractivity contribution < 1.29 is 4.79 Å². The SMILES string of the molecule is Cc1ccccc1NC(=O)CN(C)CCC1CCCCN1. The number of benzene rings is 1. The van der Waals surface area contributed by atoms with Crippen LogP contribution in [0, 0.1) is 6.92 Å². The molecule has 1 heterocycles. The molecule has 0 aliphatic carbocycles. The summed E-state index contributed by atoms with van der Waals surface area (Å²) in [4.78, 5) is 14.2. The fourth-order valence-corrected chi connectivity index (χ4v) is 2.77. The predicted molar refractivity (Wildman–Crippen MR) is 87.6 cm³/mol. The van der Waals surface area contributed by atoms with Crippen LogP contribution in [-0.4, -0.2) is 43.5 Å². The van der Waals surface area contributed by atoms with Crippen LogP contribution in [0.2, 0.25) is 0 Å². The molecule has 1 aliphatic heterocycles. The van der Waals surface area contributed by atoms with Crippen LogP contribution in [0.3, 0.4) is 0 Å². The summed E-state index contributed by atoms with van der Waals surface area (Å²) in [6, 6.07) is 8.50. The highest BCUT2D eigenvalue weighted by Crippen LogP contribution is 2.13. The molecule has 1 atom stereocenters.